The Kier molecular flexibility index (Phi) is 2.17. The van der Waals surface area contributed by atoms with Crippen molar-refractivity contribution in [3.63, 3.8) is 0 Å². The lowest BCUT2D eigenvalue weighted by Crippen LogP contribution is -2.31. The summed E-state index contributed by atoms with van der Waals surface area (Å²) < 4.78 is 0. The number of aliphatic hydroxyl groups excluding tert-OH is 1. The van der Waals surface area contributed by atoms with E-state index in [-0.39, 0.29) is 6.23 Å². The number of hydrogen-bond acceptors (Lipinski definition) is 3. The number of hydrogen-bond donors (Lipinski definition) is 1. The molecule has 1 aliphatic rings. The second-order valence-corrected chi connectivity index (χ2v) is 2.49. The maximum atomic E-state index is 9.11. The molecule has 1 heterocycles. The molecule has 1 rings (SSSR count). The zero-order valence-corrected chi connectivity index (χ0v) is 6.49. The molecule has 58 valence electrons. The summed E-state index contributed by atoms with van der Waals surface area (Å²) in [5, 5.41) is 9.11. The maximum Gasteiger partial charge on any atom is 0.125 e. The van der Waals surface area contributed by atoms with Gasteiger partial charge in [0.05, 0.1) is 6.67 Å². The van der Waals surface area contributed by atoms with Crippen LogP contribution < -0.4 is 0 Å². The van der Waals surface area contributed by atoms with Crippen molar-refractivity contribution in [3.8, 4) is 0 Å². The monoisotopic (exact) mass is 142 g/mol. The summed E-state index contributed by atoms with van der Waals surface area (Å²) in [6, 6.07) is 0. The summed E-state index contributed by atoms with van der Waals surface area (Å²) in [4.78, 5) is 4.01. The van der Waals surface area contributed by atoms with E-state index in [1.807, 2.05) is 17.3 Å². The first-order chi connectivity index (χ1) is 4.74. The number of aliphatic hydroxyl groups is 1. The first kappa shape index (κ1) is 7.41. The largest absolute Gasteiger partial charge is 0.374 e. The van der Waals surface area contributed by atoms with Crippen LogP contribution in [-0.4, -0.2) is 34.3 Å². The molecule has 1 aliphatic heterocycles. The van der Waals surface area contributed by atoms with Crippen molar-refractivity contribution in [2.45, 2.75) is 20.1 Å². The standard InChI is InChI=1S/C7H14N2O/c1-3-8-4-5-9(6-8)7(2)10/h4-5,7,10H,3,6H2,1-2H3. The van der Waals surface area contributed by atoms with Crippen LogP contribution in [0.3, 0.4) is 0 Å². The molecule has 1 unspecified atom stereocenters. The predicted octanol–water partition coefficient (Wildman–Crippen LogP) is 0.391. The summed E-state index contributed by atoms with van der Waals surface area (Å²) in [6.07, 6.45) is 3.54. The molecule has 0 saturated carbocycles. The highest BCUT2D eigenvalue weighted by Crippen LogP contribution is 2.07. The van der Waals surface area contributed by atoms with Gasteiger partial charge < -0.3 is 14.9 Å². The van der Waals surface area contributed by atoms with Crippen molar-refractivity contribution in [2.75, 3.05) is 13.2 Å². The highest BCUT2D eigenvalue weighted by molar-refractivity contribution is 4.90. The molecule has 10 heavy (non-hydrogen) atoms. The number of rotatable bonds is 2. The van der Waals surface area contributed by atoms with Gasteiger partial charge in [0.15, 0.2) is 0 Å². The minimum atomic E-state index is -0.368. The molecule has 0 saturated heterocycles. The van der Waals surface area contributed by atoms with Gasteiger partial charge in [-0.1, -0.05) is 0 Å². The zero-order chi connectivity index (χ0) is 7.56. The molecule has 0 bridgehead atoms. The topological polar surface area (TPSA) is 26.7 Å². The van der Waals surface area contributed by atoms with Gasteiger partial charge in [-0.3, -0.25) is 0 Å². The van der Waals surface area contributed by atoms with Crippen LogP contribution in [0.25, 0.3) is 0 Å². The van der Waals surface area contributed by atoms with Gasteiger partial charge in [0.2, 0.25) is 0 Å². The molecule has 0 radical (unpaired) electrons. The Morgan fingerprint density at radius 3 is 2.60 bits per heavy atom. The van der Waals surface area contributed by atoms with Crippen LogP contribution in [0.15, 0.2) is 12.4 Å². The summed E-state index contributed by atoms with van der Waals surface area (Å²) in [6.45, 7) is 5.67. The van der Waals surface area contributed by atoms with E-state index in [0.29, 0.717) is 0 Å². The minimum Gasteiger partial charge on any atom is -0.374 e. The molecule has 0 amide bonds. The van der Waals surface area contributed by atoms with Crippen molar-refractivity contribution in [1.29, 1.82) is 0 Å². The number of nitrogens with zero attached hydrogens (tertiary/aromatic N) is 2. The second kappa shape index (κ2) is 2.92. The fourth-order valence-corrected chi connectivity index (χ4v) is 0.932. The van der Waals surface area contributed by atoms with E-state index in [0.717, 1.165) is 13.2 Å². The smallest absolute Gasteiger partial charge is 0.125 e. The van der Waals surface area contributed by atoms with E-state index in [1.54, 1.807) is 6.92 Å². The van der Waals surface area contributed by atoms with Crippen molar-refractivity contribution < 1.29 is 5.11 Å². The Balaban J connectivity index is 2.37. The Labute approximate surface area is 61.5 Å². The molecular weight excluding hydrogens is 128 g/mol. The van der Waals surface area contributed by atoms with Crippen molar-refractivity contribution in [3.05, 3.63) is 12.4 Å². The average molecular weight is 142 g/mol. The van der Waals surface area contributed by atoms with Gasteiger partial charge in [0, 0.05) is 18.9 Å². The zero-order valence-electron chi connectivity index (χ0n) is 6.49. The van der Waals surface area contributed by atoms with Gasteiger partial charge in [0.1, 0.15) is 6.23 Å². The van der Waals surface area contributed by atoms with Crippen LogP contribution in [0.4, 0.5) is 0 Å². The summed E-state index contributed by atoms with van der Waals surface area (Å²) in [7, 11) is 0. The predicted molar refractivity (Wildman–Crippen MR) is 39.9 cm³/mol. The molecule has 1 atom stereocenters. The van der Waals surface area contributed by atoms with Gasteiger partial charge in [-0.25, -0.2) is 0 Å². The van der Waals surface area contributed by atoms with E-state index >= 15 is 0 Å². The van der Waals surface area contributed by atoms with Crippen LogP contribution in [-0.2, 0) is 0 Å². The normalized spacial score (nSPS) is 20.3. The van der Waals surface area contributed by atoms with E-state index in [4.69, 9.17) is 5.11 Å². The van der Waals surface area contributed by atoms with Gasteiger partial charge >= 0.3 is 0 Å². The highest BCUT2D eigenvalue weighted by atomic mass is 16.3. The molecule has 0 spiro atoms. The molecule has 0 aliphatic carbocycles. The molecule has 3 heteroatoms. The molecule has 0 aromatic heterocycles. The van der Waals surface area contributed by atoms with E-state index in [1.165, 1.54) is 0 Å². The van der Waals surface area contributed by atoms with Crippen LogP contribution in [0.5, 0.6) is 0 Å². The van der Waals surface area contributed by atoms with Crippen molar-refractivity contribution >= 4 is 0 Å². The molecule has 3 nitrogen and oxygen atoms in total. The lowest BCUT2D eigenvalue weighted by molar-refractivity contribution is 0.0418. The first-order valence-electron chi connectivity index (χ1n) is 3.60. The fraction of sp³-hybridized carbons (Fsp3) is 0.714. The minimum absolute atomic E-state index is 0.368. The first-order valence-corrected chi connectivity index (χ1v) is 3.60. The Morgan fingerprint density at radius 1 is 1.60 bits per heavy atom. The third kappa shape index (κ3) is 1.42. The molecular formula is C7H14N2O. The second-order valence-electron chi connectivity index (χ2n) is 2.49. The lowest BCUT2D eigenvalue weighted by atomic mass is 10.6. The van der Waals surface area contributed by atoms with Crippen molar-refractivity contribution in [2.24, 2.45) is 0 Å². The van der Waals surface area contributed by atoms with E-state index in [2.05, 4.69) is 11.8 Å². The summed E-state index contributed by atoms with van der Waals surface area (Å²) in [5.74, 6) is 0. The quantitative estimate of drug-likeness (QED) is 0.604. The van der Waals surface area contributed by atoms with Crippen LogP contribution in [0, 0.1) is 0 Å². The molecule has 1 N–H and O–H groups in total. The van der Waals surface area contributed by atoms with Crippen molar-refractivity contribution in [1.82, 2.24) is 9.80 Å². The summed E-state index contributed by atoms with van der Waals surface area (Å²) >= 11 is 0. The Bertz CT molecular complexity index is 134. The SMILES string of the molecule is CCN1C=CN(C(C)O)C1. The Hall–Kier alpha value is -0.700. The van der Waals surface area contributed by atoms with Gasteiger partial charge in [-0.2, -0.15) is 0 Å². The third-order valence-electron chi connectivity index (χ3n) is 1.70. The molecule has 0 fully saturated rings. The van der Waals surface area contributed by atoms with Gasteiger partial charge in [0.25, 0.3) is 0 Å². The lowest BCUT2D eigenvalue weighted by Gasteiger charge is -2.22. The Morgan fingerprint density at radius 2 is 2.30 bits per heavy atom. The van der Waals surface area contributed by atoms with Crippen LogP contribution >= 0.6 is 0 Å². The van der Waals surface area contributed by atoms with E-state index < -0.39 is 0 Å². The third-order valence-corrected chi connectivity index (χ3v) is 1.70. The molecule has 0 aromatic rings. The summed E-state index contributed by atoms with van der Waals surface area (Å²) in [5.41, 5.74) is 0. The van der Waals surface area contributed by atoms with Gasteiger partial charge in [-0.05, 0) is 13.8 Å². The molecule has 0 aromatic carbocycles. The average Bonchev–Trinajstić information content (AvgIpc) is 2.34. The fourth-order valence-electron chi connectivity index (χ4n) is 0.932. The van der Waals surface area contributed by atoms with Crippen LogP contribution in [0.2, 0.25) is 0 Å². The van der Waals surface area contributed by atoms with E-state index in [9.17, 15) is 0 Å². The highest BCUT2D eigenvalue weighted by Gasteiger charge is 2.13. The van der Waals surface area contributed by atoms with Gasteiger partial charge in [-0.15, -0.1) is 0 Å². The van der Waals surface area contributed by atoms with Crippen LogP contribution in [0.1, 0.15) is 13.8 Å². The maximum absolute atomic E-state index is 9.11.